The molecule has 6 heteroatoms. The molecule has 214 valence electrons. The molecule has 44 heavy (non-hydrogen) atoms. The van der Waals surface area contributed by atoms with E-state index in [1.165, 1.54) is 23.5 Å². The first-order valence-corrected chi connectivity index (χ1v) is 16.0. The smallest absolute Gasteiger partial charge is 0.181 e. The van der Waals surface area contributed by atoms with E-state index in [0.717, 1.165) is 31.0 Å². The highest BCUT2D eigenvalue weighted by atomic mass is 32.2. The van der Waals surface area contributed by atoms with Crippen molar-refractivity contribution in [2.45, 2.75) is 34.5 Å². The van der Waals surface area contributed by atoms with Gasteiger partial charge in [-0.2, -0.15) is 0 Å². The average molecular weight is 609 g/mol. The van der Waals surface area contributed by atoms with Gasteiger partial charge in [0.1, 0.15) is 10.8 Å². The number of hydrogen-bond acceptors (Lipinski definition) is 6. The molecule has 5 aromatic carbocycles. The number of para-hydroxylation sites is 2. The van der Waals surface area contributed by atoms with Crippen LogP contribution in [0.25, 0.3) is 0 Å². The summed E-state index contributed by atoms with van der Waals surface area (Å²) >= 11 is 3.01. The standard InChI is InChI=1S/C38H28N2O2S2/c1-37(25-14-5-3-6-15-25)33(41)29-20-9-11-22-31(29)39-35(37)43-27-18-13-19-28(24-27)44-36-38(2,26-16-7-4-8-17-26)34(42)30-21-10-12-23-32(30)40-36/h3-24H,1-2H3. The number of hydrogen-bond donors (Lipinski definition) is 0. The summed E-state index contributed by atoms with van der Waals surface area (Å²) in [6.07, 6.45) is 0. The highest BCUT2D eigenvalue weighted by molar-refractivity contribution is 8.15. The molecule has 2 heterocycles. The van der Waals surface area contributed by atoms with Crippen molar-refractivity contribution >= 4 is 56.6 Å². The van der Waals surface area contributed by atoms with E-state index in [-0.39, 0.29) is 11.6 Å². The second kappa shape index (κ2) is 11.2. The van der Waals surface area contributed by atoms with Crippen LogP contribution in [0, 0.1) is 0 Å². The number of thioether (sulfide) groups is 2. The van der Waals surface area contributed by atoms with Crippen molar-refractivity contribution in [3.63, 3.8) is 0 Å². The minimum atomic E-state index is -0.932. The van der Waals surface area contributed by atoms with Crippen LogP contribution in [0.15, 0.2) is 153 Å². The van der Waals surface area contributed by atoms with Crippen molar-refractivity contribution in [1.82, 2.24) is 0 Å². The molecular formula is C38H28N2O2S2. The Morgan fingerprint density at radius 2 is 0.864 bits per heavy atom. The second-order valence-corrected chi connectivity index (χ2v) is 13.3. The van der Waals surface area contributed by atoms with Gasteiger partial charge in [0, 0.05) is 20.9 Å². The van der Waals surface area contributed by atoms with Crippen molar-refractivity contribution in [2.75, 3.05) is 0 Å². The Kier molecular flexibility index (Phi) is 7.19. The van der Waals surface area contributed by atoms with E-state index in [4.69, 9.17) is 9.98 Å². The molecule has 0 aliphatic carbocycles. The molecule has 2 unspecified atom stereocenters. The number of fused-ring (bicyclic) bond motifs is 2. The number of carbonyl (C=O) groups excluding carboxylic acids is 2. The van der Waals surface area contributed by atoms with Crippen LogP contribution in [-0.2, 0) is 10.8 Å². The lowest BCUT2D eigenvalue weighted by Crippen LogP contribution is -2.41. The van der Waals surface area contributed by atoms with Gasteiger partial charge in [0.25, 0.3) is 0 Å². The Hall–Kier alpha value is -4.52. The Balaban J connectivity index is 1.28. The van der Waals surface area contributed by atoms with Crippen LogP contribution in [0.5, 0.6) is 0 Å². The molecule has 0 fully saturated rings. The van der Waals surface area contributed by atoms with Gasteiger partial charge in [0.2, 0.25) is 0 Å². The van der Waals surface area contributed by atoms with Crippen LogP contribution >= 0.6 is 23.5 Å². The minimum Gasteiger partial charge on any atom is -0.293 e. The first-order valence-electron chi connectivity index (χ1n) is 14.4. The van der Waals surface area contributed by atoms with Crippen LogP contribution in [0.2, 0.25) is 0 Å². The quantitative estimate of drug-likeness (QED) is 0.204. The van der Waals surface area contributed by atoms with E-state index in [9.17, 15) is 9.59 Å². The predicted molar refractivity (Wildman–Crippen MR) is 181 cm³/mol. The summed E-state index contributed by atoms with van der Waals surface area (Å²) in [6.45, 7) is 3.94. The molecule has 0 aromatic heterocycles. The average Bonchev–Trinajstić information content (AvgIpc) is 3.07. The van der Waals surface area contributed by atoms with Gasteiger partial charge < -0.3 is 0 Å². The number of rotatable bonds is 4. The van der Waals surface area contributed by atoms with E-state index in [1.54, 1.807) is 0 Å². The zero-order chi connectivity index (χ0) is 30.3. The van der Waals surface area contributed by atoms with E-state index >= 15 is 0 Å². The summed E-state index contributed by atoms with van der Waals surface area (Å²) in [6, 6.07) is 43.0. The molecule has 0 radical (unpaired) electrons. The van der Waals surface area contributed by atoms with Crippen LogP contribution in [-0.4, -0.2) is 21.7 Å². The van der Waals surface area contributed by atoms with Gasteiger partial charge in [0.05, 0.1) is 21.5 Å². The van der Waals surface area contributed by atoms with Gasteiger partial charge in [-0.05, 0) is 67.4 Å². The number of nitrogens with zero attached hydrogens (tertiary/aromatic N) is 2. The molecule has 0 N–H and O–H groups in total. The Bertz CT molecular complexity index is 1850. The molecule has 2 aliphatic heterocycles. The maximum atomic E-state index is 14.1. The van der Waals surface area contributed by atoms with Crippen molar-refractivity contribution in [3.8, 4) is 0 Å². The molecule has 0 saturated heterocycles. The summed E-state index contributed by atoms with van der Waals surface area (Å²) in [5.41, 5.74) is 2.59. The van der Waals surface area contributed by atoms with Crippen LogP contribution in [0.4, 0.5) is 11.4 Å². The molecule has 0 saturated carbocycles. The summed E-state index contributed by atoms with van der Waals surface area (Å²) in [4.78, 5) is 40.1. The predicted octanol–water partition coefficient (Wildman–Crippen LogP) is 9.64. The number of benzene rings is 5. The minimum absolute atomic E-state index is 0.0368. The molecule has 2 aliphatic rings. The molecule has 4 nitrogen and oxygen atoms in total. The zero-order valence-corrected chi connectivity index (χ0v) is 25.9. The normalized spacial score (nSPS) is 20.8. The third-order valence-electron chi connectivity index (χ3n) is 8.44. The summed E-state index contributed by atoms with van der Waals surface area (Å²) in [7, 11) is 0. The highest BCUT2D eigenvalue weighted by Gasteiger charge is 2.46. The SMILES string of the molecule is CC1(c2ccccc2)C(=O)c2ccccc2N=C1Sc1cccc(SC2=Nc3ccccc3C(=O)C2(C)c2ccccc2)c1. The van der Waals surface area contributed by atoms with Gasteiger partial charge in [-0.1, -0.05) is 115 Å². The van der Waals surface area contributed by atoms with E-state index in [1.807, 2.05) is 141 Å². The van der Waals surface area contributed by atoms with Crippen LogP contribution in [0.3, 0.4) is 0 Å². The lowest BCUT2D eigenvalue weighted by atomic mass is 9.75. The number of carbonyl (C=O) groups is 2. The van der Waals surface area contributed by atoms with Crippen molar-refractivity contribution in [3.05, 3.63) is 156 Å². The topological polar surface area (TPSA) is 58.9 Å². The molecule has 0 amide bonds. The van der Waals surface area contributed by atoms with E-state index in [0.29, 0.717) is 22.5 Å². The number of aliphatic imine (C=N–C) groups is 2. The van der Waals surface area contributed by atoms with Gasteiger partial charge >= 0.3 is 0 Å². The molecular weight excluding hydrogens is 581 g/mol. The van der Waals surface area contributed by atoms with Crippen molar-refractivity contribution in [2.24, 2.45) is 9.98 Å². The Morgan fingerprint density at radius 1 is 0.477 bits per heavy atom. The Labute approximate surface area is 265 Å². The fourth-order valence-corrected chi connectivity index (χ4v) is 8.13. The molecule has 5 aromatic rings. The monoisotopic (exact) mass is 608 g/mol. The summed E-state index contributed by atoms with van der Waals surface area (Å²) < 4.78 is 0. The lowest BCUT2D eigenvalue weighted by Gasteiger charge is -2.34. The molecule has 2 atom stereocenters. The summed E-state index contributed by atoms with van der Waals surface area (Å²) in [5.74, 6) is 0.0735. The van der Waals surface area contributed by atoms with Crippen LogP contribution < -0.4 is 0 Å². The van der Waals surface area contributed by atoms with Gasteiger partial charge in [-0.15, -0.1) is 0 Å². The zero-order valence-electron chi connectivity index (χ0n) is 24.2. The largest absolute Gasteiger partial charge is 0.293 e. The van der Waals surface area contributed by atoms with E-state index in [2.05, 4.69) is 6.07 Å². The maximum absolute atomic E-state index is 14.1. The molecule has 0 bridgehead atoms. The van der Waals surface area contributed by atoms with Crippen LogP contribution in [0.1, 0.15) is 45.7 Å². The van der Waals surface area contributed by atoms with Crippen molar-refractivity contribution in [1.29, 1.82) is 0 Å². The third-order valence-corrected chi connectivity index (χ3v) is 10.8. The highest BCUT2D eigenvalue weighted by Crippen LogP contribution is 2.46. The molecule has 7 rings (SSSR count). The fourth-order valence-electron chi connectivity index (χ4n) is 5.83. The first kappa shape index (κ1) is 28.3. The van der Waals surface area contributed by atoms with E-state index < -0.39 is 10.8 Å². The lowest BCUT2D eigenvalue weighted by molar-refractivity contribution is 0.0931. The third kappa shape index (κ3) is 4.66. The molecule has 0 spiro atoms. The Morgan fingerprint density at radius 3 is 1.30 bits per heavy atom. The number of Topliss-reactive ketones (excluding diaryl/α,β-unsaturated/α-hetero) is 2. The van der Waals surface area contributed by atoms with Gasteiger partial charge in [-0.25, -0.2) is 9.98 Å². The number of ketones is 2. The van der Waals surface area contributed by atoms with Crippen molar-refractivity contribution < 1.29 is 9.59 Å². The maximum Gasteiger partial charge on any atom is 0.181 e. The summed E-state index contributed by atoms with van der Waals surface area (Å²) in [5, 5.41) is 1.45. The second-order valence-electron chi connectivity index (χ2n) is 11.2. The first-order chi connectivity index (χ1) is 21.4. The fraction of sp³-hybridized carbons (Fsp3) is 0.105. The van der Waals surface area contributed by atoms with Gasteiger partial charge in [0.15, 0.2) is 11.6 Å². The van der Waals surface area contributed by atoms with Gasteiger partial charge in [-0.3, -0.25) is 9.59 Å².